The van der Waals surface area contributed by atoms with E-state index in [0.29, 0.717) is 24.8 Å². The smallest absolute Gasteiger partial charge is 0.233 e. The van der Waals surface area contributed by atoms with Crippen LogP contribution in [-0.2, 0) is 22.5 Å². The molecule has 1 aromatic heterocycles. The van der Waals surface area contributed by atoms with Crippen LogP contribution in [0.25, 0.3) is 0 Å². The number of likely N-dealkylation sites (tertiary alicyclic amines) is 1. The predicted molar refractivity (Wildman–Crippen MR) is 102 cm³/mol. The summed E-state index contributed by atoms with van der Waals surface area (Å²) in [6.07, 6.45) is 4.95. The highest BCUT2D eigenvalue weighted by molar-refractivity contribution is 7.99. The predicted octanol–water partition coefficient (Wildman–Crippen LogP) is 2.50. The van der Waals surface area contributed by atoms with Crippen LogP contribution >= 0.6 is 11.8 Å². The Morgan fingerprint density at radius 1 is 1.27 bits per heavy atom. The summed E-state index contributed by atoms with van der Waals surface area (Å²) < 4.78 is 7.01. The number of amides is 1. The van der Waals surface area contributed by atoms with Gasteiger partial charge in [-0.05, 0) is 30.7 Å². The van der Waals surface area contributed by atoms with E-state index in [1.807, 2.05) is 9.47 Å². The zero-order valence-corrected chi connectivity index (χ0v) is 16.0. The van der Waals surface area contributed by atoms with Gasteiger partial charge < -0.3 is 14.2 Å². The lowest BCUT2D eigenvalue weighted by molar-refractivity contribution is -0.129. The molecule has 0 radical (unpaired) electrons. The van der Waals surface area contributed by atoms with Crippen LogP contribution in [0.15, 0.2) is 41.8 Å². The fraction of sp³-hybridized carbons (Fsp3) is 0.526. The molecule has 0 N–H and O–H groups in total. The lowest BCUT2D eigenvalue weighted by Gasteiger charge is -2.32. The highest BCUT2D eigenvalue weighted by atomic mass is 32.2. The van der Waals surface area contributed by atoms with E-state index in [2.05, 4.69) is 40.5 Å². The Kier molecular flexibility index (Phi) is 7.08. The van der Waals surface area contributed by atoms with E-state index in [-0.39, 0.29) is 5.91 Å². The van der Waals surface area contributed by atoms with Gasteiger partial charge in [-0.2, -0.15) is 0 Å². The summed E-state index contributed by atoms with van der Waals surface area (Å²) in [5, 5.41) is 8.79. The topological polar surface area (TPSA) is 60.2 Å². The van der Waals surface area contributed by atoms with Gasteiger partial charge in [-0.1, -0.05) is 42.1 Å². The first-order chi connectivity index (χ1) is 12.8. The molecule has 0 unspecified atom stereocenters. The van der Waals surface area contributed by atoms with Gasteiger partial charge in [0.25, 0.3) is 0 Å². The third-order valence-corrected chi connectivity index (χ3v) is 5.74. The molecule has 1 amide bonds. The Morgan fingerprint density at radius 3 is 2.77 bits per heavy atom. The molecule has 7 heteroatoms. The summed E-state index contributed by atoms with van der Waals surface area (Å²) in [4.78, 5) is 14.5. The molecular formula is C19H26N4O2S. The fourth-order valence-corrected chi connectivity index (χ4v) is 4.09. The second-order valence-corrected chi connectivity index (χ2v) is 7.54. The van der Waals surface area contributed by atoms with Crippen molar-refractivity contribution in [1.82, 2.24) is 19.7 Å². The van der Waals surface area contributed by atoms with E-state index >= 15 is 0 Å². The second-order valence-electron chi connectivity index (χ2n) is 6.60. The van der Waals surface area contributed by atoms with Gasteiger partial charge in [0, 0.05) is 26.7 Å². The summed E-state index contributed by atoms with van der Waals surface area (Å²) in [5.41, 5.74) is 1.39. The Bertz CT molecular complexity index is 684. The summed E-state index contributed by atoms with van der Waals surface area (Å²) in [7, 11) is 1.67. The highest BCUT2D eigenvalue weighted by Crippen LogP contribution is 2.23. The second kappa shape index (κ2) is 9.73. The summed E-state index contributed by atoms with van der Waals surface area (Å²) >= 11 is 1.45. The largest absolute Gasteiger partial charge is 0.383 e. The van der Waals surface area contributed by atoms with E-state index in [9.17, 15) is 4.79 Å². The fourth-order valence-electron chi connectivity index (χ4n) is 3.25. The zero-order chi connectivity index (χ0) is 18.2. The Balaban J connectivity index is 1.42. The van der Waals surface area contributed by atoms with Gasteiger partial charge in [0.1, 0.15) is 6.33 Å². The first-order valence-corrected chi connectivity index (χ1v) is 10.1. The molecule has 0 spiro atoms. The Morgan fingerprint density at radius 2 is 2.04 bits per heavy atom. The number of aromatic nitrogens is 3. The normalized spacial score (nSPS) is 15.3. The van der Waals surface area contributed by atoms with Gasteiger partial charge in [-0.15, -0.1) is 10.2 Å². The van der Waals surface area contributed by atoms with Crippen molar-refractivity contribution in [3.63, 3.8) is 0 Å². The van der Waals surface area contributed by atoms with Crippen molar-refractivity contribution in [2.45, 2.75) is 31.0 Å². The molecule has 26 heavy (non-hydrogen) atoms. The van der Waals surface area contributed by atoms with Crippen molar-refractivity contribution < 1.29 is 9.53 Å². The molecule has 0 aliphatic carbocycles. The molecule has 2 aromatic rings. The first-order valence-electron chi connectivity index (χ1n) is 9.07. The minimum atomic E-state index is 0.189. The van der Waals surface area contributed by atoms with Crippen LogP contribution in [0.2, 0.25) is 0 Å². The number of methoxy groups -OCH3 is 1. The number of rotatable bonds is 8. The minimum Gasteiger partial charge on any atom is -0.383 e. The van der Waals surface area contributed by atoms with Crippen LogP contribution in [-0.4, -0.2) is 58.1 Å². The molecule has 1 fully saturated rings. The number of hydrogen-bond acceptors (Lipinski definition) is 5. The van der Waals surface area contributed by atoms with Crippen LogP contribution in [0.3, 0.4) is 0 Å². The van der Waals surface area contributed by atoms with Crippen LogP contribution in [0.5, 0.6) is 0 Å². The van der Waals surface area contributed by atoms with Crippen molar-refractivity contribution in [1.29, 1.82) is 0 Å². The maximum atomic E-state index is 12.5. The molecule has 0 atom stereocenters. The van der Waals surface area contributed by atoms with Crippen LogP contribution in [0.4, 0.5) is 0 Å². The quantitative estimate of drug-likeness (QED) is 0.665. The molecule has 1 aliphatic heterocycles. The summed E-state index contributed by atoms with van der Waals surface area (Å²) in [6.45, 7) is 3.01. The number of benzene rings is 1. The van der Waals surface area contributed by atoms with Crippen molar-refractivity contribution in [2.24, 2.45) is 5.92 Å². The molecule has 1 aromatic carbocycles. The highest BCUT2D eigenvalue weighted by Gasteiger charge is 2.23. The lowest BCUT2D eigenvalue weighted by atomic mass is 9.90. The third kappa shape index (κ3) is 5.32. The lowest BCUT2D eigenvalue weighted by Crippen LogP contribution is -2.39. The average Bonchev–Trinajstić information content (AvgIpc) is 3.13. The standard InChI is InChI=1S/C19H26N4O2S/c1-25-12-11-23-15-20-21-19(23)26-14-18(24)22-9-7-17(8-10-22)13-16-5-3-2-4-6-16/h2-6,15,17H,7-14H2,1H3. The number of thioether (sulfide) groups is 1. The van der Waals surface area contributed by atoms with Crippen LogP contribution < -0.4 is 0 Å². The minimum absolute atomic E-state index is 0.189. The molecule has 1 aliphatic rings. The molecule has 2 heterocycles. The van der Waals surface area contributed by atoms with Crippen LogP contribution in [0, 0.1) is 5.92 Å². The van der Waals surface area contributed by atoms with Crippen molar-refractivity contribution in [3.8, 4) is 0 Å². The zero-order valence-electron chi connectivity index (χ0n) is 15.2. The summed E-state index contributed by atoms with van der Waals surface area (Å²) in [5.74, 6) is 1.27. The van der Waals surface area contributed by atoms with Crippen molar-refractivity contribution in [3.05, 3.63) is 42.2 Å². The van der Waals surface area contributed by atoms with Gasteiger partial charge in [0.15, 0.2) is 5.16 Å². The number of hydrogen-bond donors (Lipinski definition) is 0. The molecule has 0 saturated carbocycles. The maximum Gasteiger partial charge on any atom is 0.233 e. The average molecular weight is 375 g/mol. The number of carbonyl (C=O) groups excluding carboxylic acids is 1. The van der Waals surface area contributed by atoms with Crippen LogP contribution in [0.1, 0.15) is 18.4 Å². The molecule has 0 bridgehead atoms. The van der Waals surface area contributed by atoms with Gasteiger partial charge in [-0.25, -0.2) is 0 Å². The molecule has 6 nitrogen and oxygen atoms in total. The number of piperidine rings is 1. The number of nitrogens with zero attached hydrogens (tertiary/aromatic N) is 4. The van der Waals surface area contributed by atoms with E-state index in [1.54, 1.807) is 13.4 Å². The first kappa shape index (κ1) is 18.9. The number of ether oxygens (including phenoxy) is 1. The van der Waals surface area contributed by atoms with Gasteiger partial charge in [0.05, 0.1) is 12.4 Å². The van der Waals surface area contributed by atoms with E-state index in [0.717, 1.165) is 37.5 Å². The van der Waals surface area contributed by atoms with Crippen molar-refractivity contribution in [2.75, 3.05) is 32.6 Å². The van der Waals surface area contributed by atoms with Crippen molar-refractivity contribution >= 4 is 17.7 Å². The van der Waals surface area contributed by atoms with E-state index in [4.69, 9.17) is 4.74 Å². The van der Waals surface area contributed by atoms with Gasteiger partial charge in [-0.3, -0.25) is 4.79 Å². The SMILES string of the molecule is COCCn1cnnc1SCC(=O)N1CCC(Cc2ccccc2)CC1. The van der Waals surface area contributed by atoms with E-state index < -0.39 is 0 Å². The van der Waals surface area contributed by atoms with Gasteiger partial charge in [0.2, 0.25) is 5.91 Å². The molecule has 1 saturated heterocycles. The van der Waals surface area contributed by atoms with E-state index in [1.165, 1.54) is 17.3 Å². The Hall–Kier alpha value is -1.86. The summed E-state index contributed by atoms with van der Waals surface area (Å²) in [6, 6.07) is 10.6. The third-order valence-electron chi connectivity index (χ3n) is 4.78. The van der Waals surface area contributed by atoms with Gasteiger partial charge >= 0.3 is 0 Å². The monoisotopic (exact) mass is 374 g/mol. The molecular weight excluding hydrogens is 348 g/mol. The maximum absolute atomic E-state index is 12.5. The molecule has 140 valence electrons. The number of carbonyl (C=O) groups is 1. The molecule has 3 rings (SSSR count). The Labute approximate surface area is 158 Å².